The third-order valence-corrected chi connectivity index (χ3v) is 3.99. The van der Waals surface area contributed by atoms with Crippen molar-refractivity contribution in [3.05, 3.63) is 113 Å². The van der Waals surface area contributed by atoms with Gasteiger partial charge in [0.25, 0.3) is 0 Å². The maximum Gasteiger partial charge on any atom is 0.159 e. The fraction of sp³-hybridized carbons (Fsp3) is 0.300. The number of rotatable bonds is 6. The summed E-state index contributed by atoms with van der Waals surface area (Å²) < 4.78 is 0. The van der Waals surface area contributed by atoms with Crippen LogP contribution in [0, 0.1) is 13.8 Å². The third kappa shape index (κ3) is 13.2. The summed E-state index contributed by atoms with van der Waals surface area (Å²) >= 11 is 0. The van der Waals surface area contributed by atoms with E-state index < -0.39 is 0 Å². The van der Waals surface area contributed by atoms with Crippen molar-refractivity contribution in [3.63, 3.8) is 0 Å². The highest BCUT2D eigenvalue weighted by Crippen LogP contribution is 2.15. The monoisotopic (exact) mass is 433 g/mol. The van der Waals surface area contributed by atoms with E-state index in [0.29, 0.717) is 0 Å². The molecule has 2 nitrogen and oxygen atoms in total. The molecular weight excluding hydrogens is 390 g/mol. The van der Waals surface area contributed by atoms with E-state index in [1.807, 2.05) is 103 Å². The zero-order valence-electron chi connectivity index (χ0n) is 21.7. The Morgan fingerprint density at radius 1 is 0.844 bits per heavy atom. The molecule has 0 saturated heterocycles. The van der Waals surface area contributed by atoms with Crippen LogP contribution in [0.3, 0.4) is 0 Å². The quantitative estimate of drug-likeness (QED) is 0.364. The molecule has 0 unspecified atom stereocenters. The van der Waals surface area contributed by atoms with Gasteiger partial charge < -0.3 is 5.32 Å². The van der Waals surface area contributed by atoms with Gasteiger partial charge in [0.1, 0.15) is 0 Å². The molecule has 0 aliphatic heterocycles. The van der Waals surface area contributed by atoms with Gasteiger partial charge in [0, 0.05) is 17.0 Å². The Balaban J connectivity index is 0. The van der Waals surface area contributed by atoms with Gasteiger partial charge in [-0.1, -0.05) is 101 Å². The van der Waals surface area contributed by atoms with Crippen molar-refractivity contribution >= 4 is 11.5 Å². The fourth-order valence-electron chi connectivity index (χ4n) is 2.41. The van der Waals surface area contributed by atoms with Gasteiger partial charge in [-0.05, 0) is 64.0 Å². The molecule has 0 radical (unpaired) electrons. The highest BCUT2D eigenvalue weighted by molar-refractivity contribution is 5.94. The Kier molecular flexibility index (Phi) is 18.1. The van der Waals surface area contributed by atoms with E-state index in [0.717, 1.165) is 33.7 Å². The minimum Gasteiger partial charge on any atom is -0.355 e. The number of Topliss-reactive ketones (excluding diaryl/α,β-unsaturated/α-hetero) is 1. The molecule has 2 aromatic rings. The zero-order valence-corrected chi connectivity index (χ0v) is 21.7. The predicted octanol–water partition coefficient (Wildman–Crippen LogP) is 8.84. The van der Waals surface area contributed by atoms with Crippen molar-refractivity contribution in [1.29, 1.82) is 0 Å². The number of ketones is 1. The molecule has 32 heavy (non-hydrogen) atoms. The summed E-state index contributed by atoms with van der Waals surface area (Å²) in [4.78, 5) is 10.8. The second kappa shape index (κ2) is 18.6. The first kappa shape index (κ1) is 31.1. The van der Waals surface area contributed by atoms with Crippen LogP contribution in [0.4, 0.5) is 0 Å². The number of allylic oxidation sites excluding steroid dienone is 4. The number of carbonyl (C=O) groups is 1. The summed E-state index contributed by atoms with van der Waals surface area (Å²) in [5.74, 6) is 0.128. The minimum atomic E-state index is 0.128. The number of aryl methyl sites for hydroxylation is 2. The van der Waals surface area contributed by atoms with Gasteiger partial charge in [-0.3, -0.25) is 4.79 Å². The smallest absolute Gasteiger partial charge is 0.159 e. The van der Waals surface area contributed by atoms with Crippen LogP contribution in [0.25, 0.3) is 5.70 Å². The van der Waals surface area contributed by atoms with Gasteiger partial charge in [0.2, 0.25) is 0 Å². The first-order chi connectivity index (χ1) is 15.2. The fourth-order valence-corrected chi connectivity index (χ4v) is 2.41. The second-order valence-electron chi connectivity index (χ2n) is 6.79. The van der Waals surface area contributed by atoms with Crippen molar-refractivity contribution in [1.82, 2.24) is 5.32 Å². The predicted molar refractivity (Wildman–Crippen MR) is 145 cm³/mol. The van der Waals surface area contributed by atoms with Crippen molar-refractivity contribution in [2.45, 2.75) is 62.3 Å². The van der Waals surface area contributed by atoms with Gasteiger partial charge in [-0.25, -0.2) is 0 Å². The van der Waals surface area contributed by atoms with E-state index in [1.54, 1.807) is 6.92 Å². The summed E-state index contributed by atoms with van der Waals surface area (Å²) in [6.45, 7) is 25.6. The highest BCUT2D eigenvalue weighted by Gasteiger charge is 2.02. The molecule has 0 aliphatic carbocycles. The normalized spacial score (nSPS) is 9.84. The third-order valence-electron chi connectivity index (χ3n) is 3.99. The largest absolute Gasteiger partial charge is 0.355 e. The summed E-state index contributed by atoms with van der Waals surface area (Å²) in [6.07, 6.45) is 5.98. The molecule has 0 amide bonds. The van der Waals surface area contributed by atoms with Crippen LogP contribution in [0.2, 0.25) is 0 Å². The molecule has 2 aromatic carbocycles. The summed E-state index contributed by atoms with van der Waals surface area (Å²) in [6, 6.07) is 15.9. The van der Waals surface area contributed by atoms with Crippen LogP contribution in [-0.2, 0) is 0 Å². The molecule has 0 saturated carbocycles. The molecule has 2 heteroatoms. The van der Waals surface area contributed by atoms with Gasteiger partial charge in [0.15, 0.2) is 5.78 Å². The SMILES string of the molecule is C=C(C)/C(=C\C=C/C)NC(=C)c1cccc(C)c1.CC.CC.CC(=O)c1cccc(C)c1. The Morgan fingerprint density at radius 2 is 1.31 bits per heavy atom. The lowest BCUT2D eigenvalue weighted by molar-refractivity contribution is 0.101. The average Bonchev–Trinajstić information content (AvgIpc) is 2.79. The van der Waals surface area contributed by atoms with E-state index in [4.69, 9.17) is 0 Å². The molecule has 0 fully saturated rings. The molecule has 0 spiro atoms. The van der Waals surface area contributed by atoms with Crippen LogP contribution in [-0.4, -0.2) is 5.78 Å². The molecular formula is C30H43NO. The molecule has 2 rings (SSSR count). The standard InChI is InChI=1S/C17H21N.C9H10O.2C2H6/c1-6-7-11-17(13(2)3)18-15(5)16-10-8-9-14(4)12-16;1-7-4-3-5-9(6-7)8(2)10;2*1-2/h6-12,18H,2,5H2,1,3-4H3;3-6H,1-2H3;2*1-2H3/b7-6-,17-11+;;;. The van der Waals surface area contributed by atoms with Crippen LogP contribution in [0.15, 0.2) is 91.2 Å². The van der Waals surface area contributed by atoms with Crippen LogP contribution >= 0.6 is 0 Å². The summed E-state index contributed by atoms with van der Waals surface area (Å²) in [5, 5.41) is 3.31. The first-order valence-corrected chi connectivity index (χ1v) is 11.3. The van der Waals surface area contributed by atoms with E-state index in [9.17, 15) is 4.79 Å². The van der Waals surface area contributed by atoms with Gasteiger partial charge >= 0.3 is 0 Å². The molecule has 0 aromatic heterocycles. The Labute approximate surface area is 197 Å². The lowest BCUT2D eigenvalue weighted by atomic mass is 10.1. The molecule has 0 heterocycles. The number of hydrogen-bond acceptors (Lipinski definition) is 2. The van der Waals surface area contributed by atoms with Crippen molar-refractivity contribution in [2.75, 3.05) is 0 Å². The van der Waals surface area contributed by atoms with Crippen LogP contribution < -0.4 is 5.32 Å². The van der Waals surface area contributed by atoms with Crippen molar-refractivity contribution in [3.8, 4) is 0 Å². The van der Waals surface area contributed by atoms with Gasteiger partial charge in [0.05, 0.1) is 0 Å². The molecule has 0 aliphatic rings. The number of carbonyl (C=O) groups excluding carboxylic acids is 1. The van der Waals surface area contributed by atoms with Crippen LogP contribution in [0.1, 0.15) is 75.5 Å². The summed E-state index contributed by atoms with van der Waals surface area (Å²) in [7, 11) is 0. The van der Waals surface area contributed by atoms with E-state index in [1.165, 1.54) is 5.56 Å². The average molecular weight is 434 g/mol. The molecule has 0 atom stereocenters. The van der Waals surface area contributed by atoms with E-state index in [2.05, 4.69) is 37.5 Å². The number of nitrogens with one attached hydrogen (secondary N) is 1. The Hall–Kier alpha value is -3.13. The topological polar surface area (TPSA) is 29.1 Å². The lowest BCUT2D eigenvalue weighted by Crippen LogP contribution is -2.11. The minimum absolute atomic E-state index is 0.128. The van der Waals surface area contributed by atoms with Crippen molar-refractivity contribution in [2.24, 2.45) is 0 Å². The lowest BCUT2D eigenvalue weighted by Gasteiger charge is -2.13. The maximum atomic E-state index is 10.8. The number of benzene rings is 2. The molecule has 1 N–H and O–H groups in total. The molecule has 174 valence electrons. The Bertz CT molecular complexity index is 901. The second-order valence-corrected chi connectivity index (χ2v) is 6.79. The van der Waals surface area contributed by atoms with E-state index >= 15 is 0 Å². The Morgan fingerprint density at radius 3 is 1.69 bits per heavy atom. The highest BCUT2D eigenvalue weighted by atomic mass is 16.1. The maximum absolute atomic E-state index is 10.8. The summed E-state index contributed by atoms with van der Waals surface area (Å²) in [5.41, 5.74) is 7.11. The van der Waals surface area contributed by atoms with Gasteiger partial charge in [-0.2, -0.15) is 0 Å². The van der Waals surface area contributed by atoms with Crippen molar-refractivity contribution < 1.29 is 4.79 Å². The number of hydrogen-bond donors (Lipinski definition) is 1. The molecule has 0 bridgehead atoms. The van der Waals surface area contributed by atoms with E-state index in [-0.39, 0.29) is 5.78 Å². The van der Waals surface area contributed by atoms with Gasteiger partial charge in [-0.15, -0.1) is 0 Å². The van der Waals surface area contributed by atoms with Crippen LogP contribution in [0.5, 0.6) is 0 Å². The zero-order chi connectivity index (χ0) is 25.1. The first-order valence-electron chi connectivity index (χ1n) is 11.3.